The summed E-state index contributed by atoms with van der Waals surface area (Å²) in [7, 11) is 0. The Bertz CT molecular complexity index is 367. The molecule has 1 atom stereocenters. The maximum Gasteiger partial charge on any atom is 0.0219 e. The van der Waals surface area contributed by atoms with Crippen LogP contribution in [0.1, 0.15) is 37.3 Å². The molecule has 1 aromatic rings. The summed E-state index contributed by atoms with van der Waals surface area (Å²) in [6, 6.07) is 6.74. The third kappa shape index (κ3) is 2.49. The van der Waals surface area contributed by atoms with Crippen LogP contribution in [-0.2, 0) is 6.42 Å². The Morgan fingerprint density at radius 3 is 2.81 bits per heavy atom. The van der Waals surface area contributed by atoms with Crippen molar-refractivity contribution >= 4 is 15.9 Å². The summed E-state index contributed by atoms with van der Waals surface area (Å²) in [5.74, 6) is 0. The molecule has 0 radical (unpaired) electrons. The lowest BCUT2D eigenvalue weighted by Crippen LogP contribution is -2.41. The number of nitrogens with one attached hydrogen (secondary N) is 1. The molecule has 2 rings (SSSR count). The lowest BCUT2D eigenvalue weighted by Gasteiger charge is -2.28. The van der Waals surface area contributed by atoms with Crippen molar-refractivity contribution in [2.24, 2.45) is 0 Å². The molecule has 0 saturated carbocycles. The highest BCUT2D eigenvalue weighted by molar-refractivity contribution is 9.10. The van der Waals surface area contributed by atoms with Crippen LogP contribution in [0.25, 0.3) is 0 Å². The molecule has 0 aromatic heterocycles. The number of halogens is 1. The fourth-order valence-electron chi connectivity index (χ4n) is 2.58. The van der Waals surface area contributed by atoms with Crippen molar-refractivity contribution in [3.63, 3.8) is 0 Å². The summed E-state index contributed by atoms with van der Waals surface area (Å²) in [6.45, 7) is 5.61. The Labute approximate surface area is 107 Å². The molecule has 1 nitrogen and oxygen atoms in total. The third-order valence-electron chi connectivity index (χ3n) is 3.79. The van der Waals surface area contributed by atoms with Crippen LogP contribution in [0.3, 0.4) is 0 Å². The lowest BCUT2D eigenvalue weighted by molar-refractivity contribution is 0.360. The van der Waals surface area contributed by atoms with Crippen molar-refractivity contribution < 1.29 is 0 Å². The number of hydrogen-bond acceptors (Lipinski definition) is 1. The molecule has 0 spiro atoms. The second-order valence-corrected chi connectivity index (χ2v) is 5.78. The number of rotatable bonds is 3. The van der Waals surface area contributed by atoms with Crippen LogP contribution in [-0.4, -0.2) is 12.1 Å². The lowest BCUT2D eigenvalue weighted by atomic mass is 9.87. The molecule has 88 valence electrons. The van der Waals surface area contributed by atoms with Gasteiger partial charge in [-0.2, -0.15) is 0 Å². The zero-order chi connectivity index (χ0) is 11.6. The van der Waals surface area contributed by atoms with Crippen molar-refractivity contribution in [1.29, 1.82) is 0 Å². The number of benzene rings is 1. The number of aryl methyl sites for hydroxylation is 1. The van der Waals surface area contributed by atoms with Gasteiger partial charge in [0, 0.05) is 10.0 Å². The van der Waals surface area contributed by atoms with Gasteiger partial charge in [0.1, 0.15) is 0 Å². The highest BCUT2D eigenvalue weighted by Crippen LogP contribution is 2.28. The predicted octanol–water partition coefficient (Wildman–Crippen LogP) is 3.83. The Hall–Kier alpha value is -0.340. The summed E-state index contributed by atoms with van der Waals surface area (Å²) in [6.07, 6.45) is 5.01. The molecule has 1 unspecified atom stereocenters. The van der Waals surface area contributed by atoms with E-state index in [2.05, 4.69) is 53.3 Å². The molecule has 0 aliphatic carbocycles. The minimum atomic E-state index is 0.356. The van der Waals surface area contributed by atoms with Crippen LogP contribution in [0, 0.1) is 6.92 Å². The fourth-order valence-corrected chi connectivity index (χ4v) is 3.01. The summed E-state index contributed by atoms with van der Waals surface area (Å²) < 4.78 is 1.23. The summed E-state index contributed by atoms with van der Waals surface area (Å²) >= 11 is 3.61. The molecule has 1 aromatic carbocycles. The van der Waals surface area contributed by atoms with Crippen molar-refractivity contribution in [2.45, 2.75) is 45.1 Å². The van der Waals surface area contributed by atoms with Gasteiger partial charge < -0.3 is 5.32 Å². The highest BCUT2D eigenvalue weighted by atomic mass is 79.9. The molecule has 1 aliphatic heterocycles. The smallest absolute Gasteiger partial charge is 0.0219 e. The van der Waals surface area contributed by atoms with Crippen LogP contribution in [0.4, 0.5) is 0 Å². The Kier molecular flexibility index (Phi) is 3.70. The van der Waals surface area contributed by atoms with Crippen molar-refractivity contribution in [3.05, 3.63) is 33.8 Å². The highest BCUT2D eigenvalue weighted by Gasteiger charge is 2.31. The van der Waals surface area contributed by atoms with Crippen LogP contribution in [0.2, 0.25) is 0 Å². The van der Waals surface area contributed by atoms with Gasteiger partial charge in [-0.1, -0.05) is 35.0 Å². The van der Waals surface area contributed by atoms with Crippen LogP contribution >= 0.6 is 15.9 Å². The molecular weight excluding hydrogens is 262 g/mol. The second kappa shape index (κ2) is 4.89. The van der Waals surface area contributed by atoms with E-state index in [9.17, 15) is 0 Å². The minimum absolute atomic E-state index is 0.356. The Morgan fingerprint density at radius 2 is 2.25 bits per heavy atom. The monoisotopic (exact) mass is 281 g/mol. The van der Waals surface area contributed by atoms with Crippen molar-refractivity contribution in [3.8, 4) is 0 Å². The zero-order valence-corrected chi connectivity index (χ0v) is 11.7. The SMILES string of the molecule is CCC1(Cc2ccc(C)c(Br)c2)CCCN1. The molecule has 1 saturated heterocycles. The molecule has 1 fully saturated rings. The van der Waals surface area contributed by atoms with E-state index in [0.29, 0.717) is 5.54 Å². The third-order valence-corrected chi connectivity index (χ3v) is 4.64. The second-order valence-electron chi connectivity index (χ2n) is 4.92. The van der Waals surface area contributed by atoms with Gasteiger partial charge >= 0.3 is 0 Å². The molecular formula is C14H20BrN. The van der Waals surface area contributed by atoms with Gasteiger partial charge in [-0.3, -0.25) is 0 Å². The molecule has 0 bridgehead atoms. The van der Waals surface area contributed by atoms with E-state index in [1.807, 2.05) is 0 Å². The van der Waals surface area contributed by atoms with Crippen molar-refractivity contribution in [1.82, 2.24) is 5.32 Å². The standard InChI is InChI=1S/C14H20BrN/c1-3-14(7-4-8-16-14)10-12-6-5-11(2)13(15)9-12/h5-6,9,16H,3-4,7-8,10H2,1-2H3. The van der Waals surface area contributed by atoms with E-state index in [-0.39, 0.29) is 0 Å². The van der Waals surface area contributed by atoms with E-state index < -0.39 is 0 Å². The Balaban J connectivity index is 2.16. The summed E-state index contributed by atoms with van der Waals surface area (Å²) in [4.78, 5) is 0. The fraction of sp³-hybridized carbons (Fsp3) is 0.571. The van der Waals surface area contributed by atoms with Gasteiger partial charge in [0.25, 0.3) is 0 Å². The first-order chi connectivity index (χ1) is 7.65. The van der Waals surface area contributed by atoms with Gasteiger partial charge in [0.2, 0.25) is 0 Å². The maximum atomic E-state index is 3.69. The van der Waals surface area contributed by atoms with E-state index in [1.165, 1.54) is 41.4 Å². The van der Waals surface area contributed by atoms with Gasteiger partial charge in [-0.15, -0.1) is 0 Å². The first-order valence-electron chi connectivity index (χ1n) is 6.15. The average molecular weight is 282 g/mol. The van der Waals surface area contributed by atoms with Gasteiger partial charge in [-0.05, 0) is 56.3 Å². The number of hydrogen-bond donors (Lipinski definition) is 1. The minimum Gasteiger partial charge on any atom is -0.311 e. The first kappa shape index (κ1) is 12.1. The first-order valence-corrected chi connectivity index (χ1v) is 6.94. The van der Waals surface area contributed by atoms with Gasteiger partial charge in [0.05, 0.1) is 0 Å². The van der Waals surface area contributed by atoms with Crippen molar-refractivity contribution in [2.75, 3.05) is 6.54 Å². The van der Waals surface area contributed by atoms with Gasteiger partial charge in [-0.25, -0.2) is 0 Å². The van der Waals surface area contributed by atoms with Crippen LogP contribution in [0.5, 0.6) is 0 Å². The average Bonchev–Trinajstić information content (AvgIpc) is 2.73. The topological polar surface area (TPSA) is 12.0 Å². The van der Waals surface area contributed by atoms with E-state index in [0.717, 1.165) is 6.42 Å². The summed E-state index contributed by atoms with van der Waals surface area (Å²) in [5, 5.41) is 3.69. The molecule has 1 N–H and O–H groups in total. The predicted molar refractivity (Wildman–Crippen MR) is 72.8 cm³/mol. The molecule has 2 heteroatoms. The van der Waals surface area contributed by atoms with Crippen LogP contribution in [0.15, 0.2) is 22.7 Å². The maximum absolute atomic E-state index is 3.69. The summed E-state index contributed by atoms with van der Waals surface area (Å²) in [5.41, 5.74) is 3.11. The van der Waals surface area contributed by atoms with E-state index in [1.54, 1.807) is 0 Å². The Morgan fingerprint density at radius 1 is 1.44 bits per heavy atom. The van der Waals surface area contributed by atoms with Crippen LogP contribution < -0.4 is 5.32 Å². The quantitative estimate of drug-likeness (QED) is 0.888. The zero-order valence-electron chi connectivity index (χ0n) is 10.1. The molecule has 1 heterocycles. The molecule has 16 heavy (non-hydrogen) atoms. The van der Waals surface area contributed by atoms with E-state index in [4.69, 9.17) is 0 Å². The molecule has 1 aliphatic rings. The largest absolute Gasteiger partial charge is 0.311 e. The van der Waals surface area contributed by atoms with Gasteiger partial charge in [0.15, 0.2) is 0 Å². The van der Waals surface area contributed by atoms with E-state index >= 15 is 0 Å². The molecule has 0 amide bonds. The normalized spacial score (nSPS) is 24.9.